The van der Waals surface area contributed by atoms with Crippen LogP contribution in [0.5, 0.6) is 0 Å². The van der Waals surface area contributed by atoms with E-state index in [9.17, 15) is 14.9 Å². The smallest absolute Gasteiger partial charge is 0.329 e. The summed E-state index contributed by atoms with van der Waals surface area (Å²) in [6, 6.07) is 0. The van der Waals surface area contributed by atoms with Crippen molar-refractivity contribution < 1.29 is 24.2 Å². The van der Waals surface area contributed by atoms with Crippen LogP contribution in [0.3, 0.4) is 0 Å². The van der Waals surface area contributed by atoms with Gasteiger partial charge in [-0.05, 0) is 6.92 Å². The predicted molar refractivity (Wildman–Crippen MR) is 40.4 cm³/mol. The van der Waals surface area contributed by atoms with Gasteiger partial charge in [-0.25, -0.2) is 4.84 Å². The second-order valence-corrected chi connectivity index (χ2v) is 1.94. The van der Waals surface area contributed by atoms with Crippen LogP contribution in [0, 0.1) is 10.1 Å². The highest BCUT2D eigenvalue weighted by atomic mass is 17.0. The molecule has 0 aromatic carbocycles. The Morgan fingerprint density at radius 2 is 2.00 bits per heavy atom. The molecule has 0 aliphatic carbocycles. The van der Waals surface area contributed by atoms with Crippen LogP contribution in [0.2, 0.25) is 0 Å². The standard InChI is InChI=1S/C6H11NO6/c1-2-11-3-4-12-5-6(8)13-7(9)10/h2-5H2,1H3. The Kier molecular flexibility index (Phi) is 6.75. The molecular formula is C6H11NO6. The number of rotatable bonds is 7. The third-order valence-corrected chi connectivity index (χ3v) is 0.972. The first-order chi connectivity index (χ1) is 6.16. The van der Waals surface area contributed by atoms with Crippen molar-refractivity contribution in [2.24, 2.45) is 0 Å². The minimum Gasteiger partial charge on any atom is -0.379 e. The van der Waals surface area contributed by atoms with Crippen LogP contribution in [-0.4, -0.2) is 37.5 Å². The molecule has 0 amide bonds. The van der Waals surface area contributed by atoms with E-state index in [0.29, 0.717) is 13.2 Å². The Morgan fingerprint density at radius 1 is 1.38 bits per heavy atom. The number of hydrogen-bond acceptors (Lipinski definition) is 6. The fraction of sp³-hybridized carbons (Fsp3) is 0.833. The van der Waals surface area contributed by atoms with Crippen molar-refractivity contribution in [3.8, 4) is 0 Å². The molecule has 13 heavy (non-hydrogen) atoms. The van der Waals surface area contributed by atoms with Crippen molar-refractivity contribution in [1.82, 2.24) is 0 Å². The van der Waals surface area contributed by atoms with Crippen LogP contribution in [0.1, 0.15) is 6.92 Å². The zero-order valence-corrected chi connectivity index (χ0v) is 7.23. The third kappa shape index (κ3) is 8.70. The Morgan fingerprint density at radius 3 is 2.54 bits per heavy atom. The highest BCUT2D eigenvalue weighted by molar-refractivity contribution is 5.69. The number of carbonyl (C=O) groups excluding carboxylic acids is 1. The average Bonchev–Trinajstić information content (AvgIpc) is 2.02. The lowest BCUT2D eigenvalue weighted by molar-refractivity contribution is -0.729. The molecule has 0 aromatic rings. The van der Waals surface area contributed by atoms with Gasteiger partial charge in [-0.3, -0.25) is 4.79 Å². The summed E-state index contributed by atoms with van der Waals surface area (Å²) >= 11 is 0. The van der Waals surface area contributed by atoms with E-state index in [1.807, 2.05) is 6.92 Å². The first-order valence-electron chi connectivity index (χ1n) is 3.67. The average molecular weight is 193 g/mol. The molecule has 0 aromatic heterocycles. The SMILES string of the molecule is CCOCCOCC(=O)O[N+](=O)[O-]. The zero-order valence-electron chi connectivity index (χ0n) is 7.23. The lowest BCUT2D eigenvalue weighted by Gasteiger charge is -2.01. The van der Waals surface area contributed by atoms with Crippen LogP contribution in [0.15, 0.2) is 0 Å². The van der Waals surface area contributed by atoms with E-state index in [1.54, 1.807) is 0 Å². The summed E-state index contributed by atoms with van der Waals surface area (Å²) in [5.41, 5.74) is 0. The molecule has 0 radical (unpaired) electrons. The van der Waals surface area contributed by atoms with Crippen LogP contribution >= 0.6 is 0 Å². The fourth-order valence-corrected chi connectivity index (χ4v) is 0.527. The molecule has 0 aliphatic rings. The maximum absolute atomic E-state index is 10.5. The maximum atomic E-state index is 10.5. The van der Waals surface area contributed by atoms with Crippen molar-refractivity contribution in [2.45, 2.75) is 6.92 Å². The molecule has 0 bridgehead atoms. The first kappa shape index (κ1) is 11.8. The van der Waals surface area contributed by atoms with Gasteiger partial charge in [-0.2, -0.15) is 0 Å². The molecule has 76 valence electrons. The zero-order chi connectivity index (χ0) is 10.1. The number of ether oxygens (including phenoxy) is 2. The predicted octanol–water partition coefficient (Wildman–Crippen LogP) is -0.226. The van der Waals surface area contributed by atoms with Crippen LogP contribution in [0.25, 0.3) is 0 Å². The molecule has 0 unspecified atom stereocenters. The van der Waals surface area contributed by atoms with Crippen molar-refractivity contribution in [1.29, 1.82) is 0 Å². The maximum Gasteiger partial charge on any atom is 0.329 e. The van der Waals surface area contributed by atoms with Crippen LogP contribution in [0.4, 0.5) is 0 Å². The summed E-state index contributed by atoms with van der Waals surface area (Å²) in [6.45, 7) is 2.50. The van der Waals surface area contributed by atoms with Gasteiger partial charge in [0, 0.05) is 6.61 Å². The van der Waals surface area contributed by atoms with Gasteiger partial charge in [0.1, 0.15) is 6.61 Å². The molecule has 7 nitrogen and oxygen atoms in total. The summed E-state index contributed by atoms with van der Waals surface area (Å²) in [6.07, 6.45) is 0. The lowest BCUT2D eigenvalue weighted by atomic mass is 10.7. The van der Waals surface area contributed by atoms with E-state index in [0.717, 1.165) is 0 Å². The van der Waals surface area contributed by atoms with E-state index in [2.05, 4.69) is 4.84 Å². The molecule has 0 saturated carbocycles. The second kappa shape index (κ2) is 7.44. The number of carbonyl (C=O) groups is 1. The quantitative estimate of drug-likeness (QED) is 0.315. The number of hydrogen-bond donors (Lipinski definition) is 0. The second-order valence-electron chi connectivity index (χ2n) is 1.94. The van der Waals surface area contributed by atoms with Crippen molar-refractivity contribution in [2.75, 3.05) is 26.4 Å². The monoisotopic (exact) mass is 193 g/mol. The van der Waals surface area contributed by atoms with Crippen LogP contribution in [-0.2, 0) is 19.1 Å². The van der Waals surface area contributed by atoms with E-state index >= 15 is 0 Å². The van der Waals surface area contributed by atoms with E-state index in [1.165, 1.54) is 0 Å². The first-order valence-corrected chi connectivity index (χ1v) is 3.67. The molecule has 0 N–H and O–H groups in total. The third-order valence-electron chi connectivity index (χ3n) is 0.972. The number of nitrogens with zero attached hydrogens (tertiary/aromatic N) is 1. The van der Waals surface area contributed by atoms with Gasteiger partial charge in [-0.1, -0.05) is 0 Å². The van der Waals surface area contributed by atoms with Crippen LogP contribution < -0.4 is 0 Å². The Labute approximate surface area is 74.7 Å². The summed E-state index contributed by atoms with van der Waals surface area (Å²) in [4.78, 5) is 23.7. The topological polar surface area (TPSA) is 87.9 Å². The molecular weight excluding hydrogens is 182 g/mol. The largest absolute Gasteiger partial charge is 0.379 e. The molecule has 0 atom stereocenters. The summed E-state index contributed by atoms with van der Waals surface area (Å²) in [5.74, 6) is -1.03. The normalized spacial score (nSPS) is 9.62. The van der Waals surface area contributed by atoms with Gasteiger partial charge >= 0.3 is 11.1 Å². The molecule has 0 spiro atoms. The van der Waals surface area contributed by atoms with Crippen molar-refractivity contribution in [3.05, 3.63) is 10.1 Å². The molecule has 0 saturated heterocycles. The highest BCUT2D eigenvalue weighted by Gasteiger charge is 2.06. The minimum absolute atomic E-state index is 0.209. The molecule has 7 heteroatoms. The summed E-state index contributed by atoms with van der Waals surface area (Å²) < 4.78 is 9.58. The molecule has 0 rings (SSSR count). The summed E-state index contributed by atoms with van der Waals surface area (Å²) in [5, 5.41) is 8.45. The summed E-state index contributed by atoms with van der Waals surface area (Å²) in [7, 11) is 0. The molecule has 0 aliphatic heterocycles. The highest BCUT2D eigenvalue weighted by Crippen LogP contribution is 1.82. The van der Waals surface area contributed by atoms with Gasteiger partial charge in [0.05, 0.1) is 13.2 Å². The van der Waals surface area contributed by atoms with E-state index < -0.39 is 17.7 Å². The minimum atomic E-state index is -1.17. The fourth-order valence-electron chi connectivity index (χ4n) is 0.527. The molecule has 0 heterocycles. The Hall–Kier alpha value is -1.21. The van der Waals surface area contributed by atoms with Gasteiger partial charge in [0.2, 0.25) is 0 Å². The van der Waals surface area contributed by atoms with Crippen molar-refractivity contribution in [3.63, 3.8) is 0 Å². The van der Waals surface area contributed by atoms with E-state index in [4.69, 9.17) is 9.47 Å². The van der Waals surface area contributed by atoms with Crippen molar-refractivity contribution >= 4 is 5.97 Å². The van der Waals surface area contributed by atoms with E-state index in [-0.39, 0.29) is 6.61 Å². The Balaban J connectivity index is 3.22. The lowest BCUT2D eigenvalue weighted by Crippen LogP contribution is -2.17. The molecule has 0 fully saturated rings. The van der Waals surface area contributed by atoms with Gasteiger partial charge in [0.15, 0.2) is 0 Å². The van der Waals surface area contributed by atoms with Gasteiger partial charge < -0.3 is 9.47 Å². The Bertz CT molecular complexity index is 171. The van der Waals surface area contributed by atoms with Gasteiger partial charge in [-0.15, -0.1) is 10.1 Å². The van der Waals surface area contributed by atoms with Gasteiger partial charge in [0.25, 0.3) is 0 Å².